The van der Waals surface area contributed by atoms with Gasteiger partial charge in [-0.2, -0.15) is 0 Å². The average Bonchev–Trinajstić information content (AvgIpc) is 2.34. The molecule has 2 N–H and O–H groups in total. The molecule has 1 rings (SSSR count). The van der Waals surface area contributed by atoms with Crippen molar-refractivity contribution in [2.75, 3.05) is 13.2 Å². The molecule has 1 unspecified atom stereocenters. The van der Waals surface area contributed by atoms with Crippen molar-refractivity contribution in [1.29, 1.82) is 0 Å². The topological polar surface area (TPSA) is 58.6 Å². The number of hydrogen-bond acceptors (Lipinski definition) is 3. The quantitative estimate of drug-likeness (QED) is 0.731. The second kappa shape index (κ2) is 7.01. The summed E-state index contributed by atoms with van der Waals surface area (Å²) in [6.07, 6.45) is 0. The van der Waals surface area contributed by atoms with E-state index in [1.807, 2.05) is 0 Å². The Morgan fingerprint density at radius 2 is 1.89 bits per heavy atom. The molecule has 0 aliphatic heterocycles. The van der Waals surface area contributed by atoms with Gasteiger partial charge in [-0.15, -0.1) is 0 Å². The van der Waals surface area contributed by atoms with Gasteiger partial charge >= 0.3 is 5.97 Å². The fourth-order valence-electron chi connectivity index (χ4n) is 1.38. The fraction of sp³-hybridized carbons (Fsp3) is 0.500. The van der Waals surface area contributed by atoms with Crippen molar-refractivity contribution in [3.63, 3.8) is 0 Å². The zero-order valence-electron chi connectivity index (χ0n) is 11.1. The Bertz CT molecular complexity index is 373. The van der Waals surface area contributed by atoms with Gasteiger partial charge < -0.3 is 15.2 Å². The van der Waals surface area contributed by atoms with Crippen LogP contribution < -0.4 is 10.1 Å². The number of benzene rings is 1. The Hall–Kier alpha value is -1.55. The predicted octanol–water partition coefficient (Wildman–Crippen LogP) is 2.40. The summed E-state index contributed by atoms with van der Waals surface area (Å²) < 4.78 is 5.52. The van der Waals surface area contributed by atoms with Crippen molar-refractivity contribution in [3.8, 4) is 5.75 Å². The molecule has 0 heterocycles. The van der Waals surface area contributed by atoms with Crippen molar-refractivity contribution < 1.29 is 14.6 Å². The normalized spacial score (nSPS) is 12.4. The van der Waals surface area contributed by atoms with E-state index in [9.17, 15) is 4.79 Å². The first kappa shape index (κ1) is 14.5. The van der Waals surface area contributed by atoms with E-state index in [1.54, 1.807) is 24.3 Å². The minimum Gasteiger partial charge on any atom is -0.492 e. The number of carboxylic acids is 1. The SMILES string of the molecule is CC(C)C(C)NCCOc1ccc(C(=O)O)cc1. The number of aromatic carboxylic acids is 1. The number of nitrogens with one attached hydrogen (secondary N) is 1. The van der Waals surface area contributed by atoms with Gasteiger partial charge in [-0.25, -0.2) is 4.79 Å². The molecule has 4 heteroatoms. The predicted molar refractivity (Wildman–Crippen MR) is 71.2 cm³/mol. The third-order valence-corrected chi connectivity index (χ3v) is 2.94. The van der Waals surface area contributed by atoms with Crippen molar-refractivity contribution in [2.45, 2.75) is 26.8 Å². The number of ether oxygens (including phenoxy) is 1. The summed E-state index contributed by atoms with van der Waals surface area (Å²) in [4.78, 5) is 10.7. The lowest BCUT2D eigenvalue weighted by Gasteiger charge is -2.17. The van der Waals surface area contributed by atoms with Crippen LogP contribution in [0.15, 0.2) is 24.3 Å². The lowest BCUT2D eigenvalue weighted by atomic mass is 10.1. The first-order valence-electron chi connectivity index (χ1n) is 6.20. The van der Waals surface area contributed by atoms with E-state index in [-0.39, 0.29) is 5.56 Å². The van der Waals surface area contributed by atoms with Gasteiger partial charge in [0.1, 0.15) is 12.4 Å². The van der Waals surface area contributed by atoms with Crippen LogP contribution in [-0.4, -0.2) is 30.3 Å². The average molecular weight is 251 g/mol. The van der Waals surface area contributed by atoms with E-state index in [0.29, 0.717) is 24.3 Å². The maximum Gasteiger partial charge on any atom is 0.335 e. The van der Waals surface area contributed by atoms with Gasteiger partial charge in [-0.05, 0) is 37.1 Å². The lowest BCUT2D eigenvalue weighted by molar-refractivity contribution is 0.0697. The van der Waals surface area contributed by atoms with Crippen LogP contribution in [-0.2, 0) is 0 Å². The fourth-order valence-corrected chi connectivity index (χ4v) is 1.38. The lowest BCUT2D eigenvalue weighted by Crippen LogP contribution is -2.33. The molecule has 1 atom stereocenters. The van der Waals surface area contributed by atoms with Gasteiger partial charge in [0.25, 0.3) is 0 Å². The largest absolute Gasteiger partial charge is 0.492 e. The van der Waals surface area contributed by atoms with Gasteiger partial charge in [0.15, 0.2) is 0 Å². The number of carboxylic acid groups (broad SMARTS) is 1. The summed E-state index contributed by atoms with van der Waals surface area (Å²) in [7, 11) is 0. The molecule has 0 amide bonds. The van der Waals surface area contributed by atoms with E-state index in [2.05, 4.69) is 26.1 Å². The molecule has 0 aliphatic rings. The molecule has 0 bridgehead atoms. The van der Waals surface area contributed by atoms with Crippen LogP contribution in [0.25, 0.3) is 0 Å². The third kappa shape index (κ3) is 4.75. The Kier molecular flexibility index (Phi) is 5.65. The molecule has 1 aromatic carbocycles. The summed E-state index contributed by atoms with van der Waals surface area (Å²) in [5, 5.41) is 12.1. The van der Waals surface area contributed by atoms with E-state index >= 15 is 0 Å². The van der Waals surface area contributed by atoms with E-state index in [0.717, 1.165) is 6.54 Å². The zero-order chi connectivity index (χ0) is 13.5. The second-order valence-electron chi connectivity index (χ2n) is 4.66. The van der Waals surface area contributed by atoms with Gasteiger partial charge in [0.05, 0.1) is 5.56 Å². The van der Waals surface area contributed by atoms with Crippen LogP contribution in [0.5, 0.6) is 5.75 Å². The molecule has 0 saturated carbocycles. The highest BCUT2D eigenvalue weighted by Crippen LogP contribution is 2.11. The maximum atomic E-state index is 10.7. The monoisotopic (exact) mass is 251 g/mol. The minimum atomic E-state index is -0.922. The van der Waals surface area contributed by atoms with Crippen LogP contribution in [0.1, 0.15) is 31.1 Å². The highest BCUT2D eigenvalue weighted by Gasteiger charge is 2.05. The molecule has 100 valence electrons. The smallest absolute Gasteiger partial charge is 0.335 e. The first-order chi connectivity index (χ1) is 8.50. The van der Waals surface area contributed by atoms with Gasteiger partial charge in [-0.1, -0.05) is 13.8 Å². The molecule has 0 aromatic heterocycles. The van der Waals surface area contributed by atoms with E-state index < -0.39 is 5.97 Å². The molecular weight excluding hydrogens is 230 g/mol. The van der Waals surface area contributed by atoms with Crippen LogP contribution in [0, 0.1) is 5.92 Å². The molecule has 0 aliphatic carbocycles. The maximum absolute atomic E-state index is 10.7. The van der Waals surface area contributed by atoms with Crippen molar-refractivity contribution in [1.82, 2.24) is 5.32 Å². The van der Waals surface area contributed by atoms with Crippen LogP contribution in [0.4, 0.5) is 0 Å². The van der Waals surface area contributed by atoms with Crippen LogP contribution >= 0.6 is 0 Å². The Morgan fingerprint density at radius 1 is 1.28 bits per heavy atom. The van der Waals surface area contributed by atoms with Gasteiger partial charge in [-0.3, -0.25) is 0 Å². The van der Waals surface area contributed by atoms with E-state index in [4.69, 9.17) is 9.84 Å². The van der Waals surface area contributed by atoms with Crippen LogP contribution in [0.2, 0.25) is 0 Å². The van der Waals surface area contributed by atoms with Crippen LogP contribution in [0.3, 0.4) is 0 Å². The summed E-state index contributed by atoms with van der Waals surface area (Å²) >= 11 is 0. The summed E-state index contributed by atoms with van der Waals surface area (Å²) in [5.74, 6) is 0.368. The number of rotatable bonds is 7. The summed E-state index contributed by atoms with van der Waals surface area (Å²) in [5.41, 5.74) is 0.272. The standard InChI is InChI=1S/C14H21NO3/c1-10(2)11(3)15-8-9-18-13-6-4-12(5-7-13)14(16)17/h4-7,10-11,15H,8-9H2,1-3H3,(H,16,17). The molecular formula is C14H21NO3. The molecule has 0 fully saturated rings. The van der Waals surface area contributed by atoms with E-state index in [1.165, 1.54) is 0 Å². The minimum absolute atomic E-state index is 0.272. The molecule has 1 aromatic rings. The number of hydrogen-bond donors (Lipinski definition) is 2. The Balaban J connectivity index is 2.29. The van der Waals surface area contributed by atoms with Gasteiger partial charge in [0.2, 0.25) is 0 Å². The molecule has 0 spiro atoms. The molecule has 18 heavy (non-hydrogen) atoms. The summed E-state index contributed by atoms with van der Waals surface area (Å²) in [6.45, 7) is 7.84. The van der Waals surface area contributed by atoms with Crippen molar-refractivity contribution in [3.05, 3.63) is 29.8 Å². The molecule has 0 saturated heterocycles. The highest BCUT2D eigenvalue weighted by atomic mass is 16.5. The van der Waals surface area contributed by atoms with Crippen molar-refractivity contribution >= 4 is 5.97 Å². The molecule has 0 radical (unpaired) electrons. The second-order valence-corrected chi connectivity index (χ2v) is 4.66. The summed E-state index contributed by atoms with van der Waals surface area (Å²) in [6, 6.07) is 6.90. The van der Waals surface area contributed by atoms with Crippen molar-refractivity contribution in [2.24, 2.45) is 5.92 Å². The first-order valence-corrected chi connectivity index (χ1v) is 6.20. The molecule has 4 nitrogen and oxygen atoms in total. The third-order valence-electron chi connectivity index (χ3n) is 2.94. The van der Waals surface area contributed by atoms with Gasteiger partial charge in [0, 0.05) is 12.6 Å². The number of carbonyl (C=O) groups is 1. The zero-order valence-corrected chi connectivity index (χ0v) is 11.1. The Morgan fingerprint density at radius 3 is 2.39 bits per heavy atom. The highest BCUT2D eigenvalue weighted by molar-refractivity contribution is 5.87. The Labute approximate surface area is 108 Å².